The Morgan fingerprint density at radius 2 is 2.29 bits per heavy atom. The SMILES string of the molecule is Cc1cccc(F)c1NC(=O)CC(N)C1CC1. The van der Waals surface area contributed by atoms with Crippen LogP contribution in [-0.4, -0.2) is 11.9 Å². The summed E-state index contributed by atoms with van der Waals surface area (Å²) in [7, 11) is 0. The number of hydrogen-bond acceptors (Lipinski definition) is 2. The van der Waals surface area contributed by atoms with Gasteiger partial charge < -0.3 is 11.1 Å². The Balaban J connectivity index is 1.97. The lowest BCUT2D eigenvalue weighted by atomic mass is 10.1. The van der Waals surface area contributed by atoms with Gasteiger partial charge in [0.15, 0.2) is 0 Å². The smallest absolute Gasteiger partial charge is 0.226 e. The van der Waals surface area contributed by atoms with Crippen LogP contribution in [0.4, 0.5) is 10.1 Å². The summed E-state index contributed by atoms with van der Waals surface area (Å²) in [6.45, 7) is 1.76. The molecule has 1 atom stereocenters. The van der Waals surface area contributed by atoms with Crippen molar-refractivity contribution >= 4 is 11.6 Å². The minimum absolute atomic E-state index is 0.0953. The fourth-order valence-electron chi connectivity index (χ4n) is 1.89. The second-order valence-electron chi connectivity index (χ2n) is 4.69. The molecule has 0 aliphatic heterocycles. The summed E-state index contributed by atoms with van der Waals surface area (Å²) >= 11 is 0. The van der Waals surface area contributed by atoms with Crippen molar-refractivity contribution in [2.24, 2.45) is 11.7 Å². The zero-order valence-electron chi connectivity index (χ0n) is 9.87. The first kappa shape index (κ1) is 12.0. The van der Waals surface area contributed by atoms with Crippen molar-refractivity contribution in [3.8, 4) is 0 Å². The number of rotatable bonds is 4. The topological polar surface area (TPSA) is 55.1 Å². The lowest BCUT2D eigenvalue weighted by Gasteiger charge is -2.12. The number of nitrogens with one attached hydrogen (secondary N) is 1. The van der Waals surface area contributed by atoms with Crippen molar-refractivity contribution in [2.45, 2.75) is 32.2 Å². The van der Waals surface area contributed by atoms with Crippen LogP contribution in [0.1, 0.15) is 24.8 Å². The van der Waals surface area contributed by atoms with E-state index in [-0.39, 0.29) is 24.1 Å². The maximum atomic E-state index is 13.5. The number of carbonyl (C=O) groups excluding carboxylic acids is 1. The third kappa shape index (κ3) is 3.03. The number of benzene rings is 1. The molecule has 1 unspecified atom stereocenters. The Morgan fingerprint density at radius 1 is 1.59 bits per heavy atom. The molecule has 1 saturated carbocycles. The van der Waals surface area contributed by atoms with Gasteiger partial charge in [0, 0.05) is 12.5 Å². The number of para-hydroxylation sites is 1. The molecule has 2 rings (SSSR count). The molecule has 1 aliphatic rings. The predicted octanol–water partition coefficient (Wildman–Crippen LogP) is 2.20. The molecule has 3 N–H and O–H groups in total. The van der Waals surface area contributed by atoms with Crippen LogP contribution in [0, 0.1) is 18.7 Å². The first-order valence-corrected chi connectivity index (χ1v) is 5.88. The number of carbonyl (C=O) groups is 1. The van der Waals surface area contributed by atoms with Crippen LogP contribution < -0.4 is 11.1 Å². The van der Waals surface area contributed by atoms with E-state index in [1.54, 1.807) is 19.1 Å². The molecular weight excluding hydrogens is 219 g/mol. The van der Waals surface area contributed by atoms with Crippen molar-refractivity contribution in [3.63, 3.8) is 0 Å². The number of anilines is 1. The van der Waals surface area contributed by atoms with Crippen LogP contribution in [-0.2, 0) is 4.79 Å². The number of amides is 1. The average Bonchev–Trinajstić information content (AvgIpc) is 3.07. The normalized spacial score (nSPS) is 16.6. The van der Waals surface area contributed by atoms with Crippen LogP contribution in [0.2, 0.25) is 0 Å². The van der Waals surface area contributed by atoms with Gasteiger partial charge in [-0.1, -0.05) is 12.1 Å². The highest BCUT2D eigenvalue weighted by Crippen LogP contribution is 2.33. The monoisotopic (exact) mass is 236 g/mol. The average molecular weight is 236 g/mol. The minimum atomic E-state index is -0.404. The molecule has 0 saturated heterocycles. The van der Waals surface area contributed by atoms with Crippen LogP contribution in [0.25, 0.3) is 0 Å². The Kier molecular flexibility index (Phi) is 3.43. The molecule has 1 aromatic rings. The molecule has 0 heterocycles. The molecule has 0 bridgehead atoms. The van der Waals surface area contributed by atoms with Crippen molar-refractivity contribution in [2.75, 3.05) is 5.32 Å². The summed E-state index contributed by atoms with van der Waals surface area (Å²) < 4.78 is 13.5. The summed E-state index contributed by atoms with van der Waals surface area (Å²) in [6, 6.07) is 4.63. The number of aryl methyl sites for hydroxylation is 1. The highest BCUT2D eigenvalue weighted by molar-refractivity contribution is 5.92. The van der Waals surface area contributed by atoms with E-state index in [2.05, 4.69) is 5.32 Å². The van der Waals surface area contributed by atoms with Crippen LogP contribution >= 0.6 is 0 Å². The molecule has 0 radical (unpaired) electrons. The van der Waals surface area contributed by atoms with E-state index in [4.69, 9.17) is 5.73 Å². The van der Waals surface area contributed by atoms with E-state index in [0.717, 1.165) is 18.4 Å². The van der Waals surface area contributed by atoms with Crippen LogP contribution in [0.15, 0.2) is 18.2 Å². The van der Waals surface area contributed by atoms with Crippen molar-refractivity contribution in [3.05, 3.63) is 29.6 Å². The zero-order chi connectivity index (χ0) is 12.4. The van der Waals surface area contributed by atoms with E-state index in [9.17, 15) is 9.18 Å². The molecule has 1 fully saturated rings. The molecule has 92 valence electrons. The second kappa shape index (κ2) is 4.84. The third-order valence-electron chi connectivity index (χ3n) is 3.13. The largest absolute Gasteiger partial charge is 0.327 e. The molecule has 0 spiro atoms. The lowest BCUT2D eigenvalue weighted by molar-refractivity contribution is -0.116. The molecule has 1 aliphatic carbocycles. The third-order valence-corrected chi connectivity index (χ3v) is 3.13. The summed E-state index contributed by atoms with van der Waals surface area (Å²) in [5.41, 5.74) is 6.84. The summed E-state index contributed by atoms with van der Waals surface area (Å²) in [5, 5.41) is 2.60. The fourth-order valence-corrected chi connectivity index (χ4v) is 1.89. The number of nitrogens with two attached hydrogens (primary N) is 1. The molecule has 0 aromatic heterocycles. The number of halogens is 1. The molecule has 4 heteroatoms. The molecule has 3 nitrogen and oxygen atoms in total. The molecule has 1 aromatic carbocycles. The molecule has 17 heavy (non-hydrogen) atoms. The van der Waals surface area contributed by atoms with Gasteiger partial charge in [0.2, 0.25) is 5.91 Å². The Bertz CT molecular complexity index is 409. The number of hydrogen-bond donors (Lipinski definition) is 2. The highest BCUT2D eigenvalue weighted by atomic mass is 19.1. The zero-order valence-corrected chi connectivity index (χ0v) is 9.87. The summed E-state index contributed by atoms with van der Waals surface area (Å²) in [5.74, 6) is -0.140. The van der Waals surface area contributed by atoms with Gasteiger partial charge >= 0.3 is 0 Å². The van der Waals surface area contributed by atoms with E-state index in [0.29, 0.717) is 5.92 Å². The maximum absolute atomic E-state index is 13.5. The summed E-state index contributed by atoms with van der Waals surface area (Å²) in [6.07, 6.45) is 2.47. The van der Waals surface area contributed by atoms with Crippen molar-refractivity contribution in [1.82, 2.24) is 0 Å². The van der Waals surface area contributed by atoms with Gasteiger partial charge in [0.05, 0.1) is 5.69 Å². The van der Waals surface area contributed by atoms with Crippen LogP contribution in [0.3, 0.4) is 0 Å². The highest BCUT2D eigenvalue weighted by Gasteiger charge is 2.29. The Labute approximate surface area is 100 Å². The lowest BCUT2D eigenvalue weighted by Crippen LogP contribution is -2.29. The first-order chi connectivity index (χ1) is 8.08. The van der Waals surface area contributed by atoms with Gasteiger partial charge in [0.1, 0.15) is 5.82 Å². The Hall–Kier alpha value is -1.42. The van der Waals surface area contributed by atoms with Gasteiger partial charge in [-0.3, -0.25) is 4.79 Å². The molecule has 1 amide bonds. The van der Waals surface area contributed by atoms with E-state index in [1.807, 2.05) is 0 Å². The quantitative estimate of drug-likeness (QED) is 0.842. The van der Waals surface area contributed by atoms with E-state index >= 15 is 0 Å². The van der Waals surface area contributed by atoms with Gasteiger partial charge in [-0.25, -0.2) is 4.39 Å². The minimum Gasteiger partial charge on any atom is -0.327 e. The summed E-state index contributed by atoms with van der Waals surface area (Å²) in [4.78, 5) is 11.7. The van der Waals surface area contributed by atoms with Gasteiger partial charge in [-0.2, -0.15) is 0 Å². The van der Waals surface area contributed by atoms with E-state index < -0.39 is 5.82 Å². The van der Waals surface area contributed by atoms with Gasteiger partial charge in [-0.05, 0) is 37.3 Å². The predicted molar refractivity (Wildman–Crippen MR) is 65.1 cm³/mol. The van der Waals surface area contributed by atoms with Crippen molar-refractivity contribution in [1.29, 1.82) is 0 Å². The first-order valence-electron chi connectivity index (χ1n) is 5.88. The van der Waals surface area contributed by atoms with Gasteiger partial charge in [-0.15, -0.1) is 0 Å². The Morgan fingerprint density at radius 3 is 2.88 bits per heavy atom. The maximum Gasteiger partial charge on any atom is 0.226 e. The fraction of sp³-hybridized carbons (Fsp3) is 0.462. The van der Waals surface area contributed by atoms with Crippen molar-refractivity contribution < 1.29 is 9.18 Å². The van der Waals surface area contributed by atoms with Gasteiger partial charge in [0.25, 0.3) is 0 Å². The standard InChI is InChI=1S/C13H17FN2O/c1-8-3-2-4-10(14)13(8)16-12(17)7-11(15)9-5-6-9/h2-4,9,11H,5-7,15H2,1H3,(H,16,17). The van der Waals surface area contributed by atoms with E-state index in [1.165, 1.54) is 6.07 Å². The van der Waals surface area contributed by atoms with Crippen LogP contribution in [0.5, 0.6) is 0 Å². The molecular formula is C13H17FN2O. The second-order valence-corrected chi connectivity index (χ2v) is 4.69.